The molecular weight excluding hydrogens is 312 g/mol. The summed E-state index contributed by atoms with van der Waals surface area (Å²) in [6.45, 7) is 3.85. The first kappa shape index (κ1) is 16.7. The lowest BCUT2D eigenvalue weighted by Crippen LogP contribution is -2.20. The molecule has 4 heteroatoms. The molecule has 1 aromatic heterocycles. The highest BCUT2D eigenvalue weighted by Gasteiger charge is 2.14. The highest BCUT2D eigenvalue weighted by molar-refractivity contribution is 6.06. The molecule has 0 amide bonds. The van der Waals surface area contributed by atoms with E-state index in [-0.39, 0.29) is 11.3 Å². The molecule has 0 aliphatic heterocycles. The van der Waals surface area contributed by atoms with Crippen LogP contribution in [0, 0.1) is 13.8 Å². The monoisotopic (exact) mass is 332 g/mol. The Labute approximate surface area is 146 Å². The van der Waals surface area contributed by atoms with Gasteiger partial charge in [-0.05, 0) is 38.1 Å². The van der Waals surface area contributed by atoms with Gasteiger partial charge in [0.2, 0.25) is 0 Å². The average Bonchev–Trinajstić information content (AvgIpc) is 2.83. The van der Waals surface area contributed by atoms with Crippen molar-refractivity contribution in [2.75, 3.05) is 0 Å². The third-order valence-corrected chi connectivity index (χ3v) is 4.34. The molecule has 0 aliphatic rings. The number of hydrogen-bond donors (Lipinski definition) is 0. The predicted molar refractivity (Wildman–Crippen MR) is 100 cm³/mol. The van der Waals surface area contributed by atoms with Crippen LogP contribution in [0.5, 0.6) is 0 Å². The topological polar surface area (TPSA) is 44.0 Å². The zero-order valence-corrected chi connectivity index (χ0v) is 14.6. The Kier molecular flexibility index (Phi) is 4.52. The smallest absolute Gasteiger partial charge is 0.278 e. The largest absolute Gasteiger partial charge is 0.289 e. The van der Waals surface area contributed by atoms with Gasteiger partial charge in [-0.25, -0.2) is 4.68 Å². The van der Waals surface area contributed by atoms with E-state index in [0.717, 1.165) is 16.9 Å². The summed E-state index contributed by atoms with van der Waals surface area (Å²) < 4.78 is 3.40. The van der Waals surface area contributed by atoms with Gasteiger partial charge in [-0.3, -0.25) is 14.3 Å². The molecule has 0 atom stereocenters. The molecule has 2 aromatic carbocycles. The van der Waals surface area contributed by atoms with Crippen molar-refractivity contribution in [2.45, 2.75) is 13.8 Å². The number of benzene rings is 2. The van der Waals surface area contributed by atoms with E-state index in [1.54, 1.807) is 27.6 Å². The molecule has 0 radical (unpaired) electrons. The zero-order valence-electron chi connectivity index (χ0n) is 14.6. The zero-order chi connectivity index (χ0) is 18.0. The number of ketones is 1. The lowest BCUT2D eigenvalue weighted by molar-refractivity contribution is 0.104. The minimum Gasteiger partial charge on any atom is -0.289 e. The van der Waals surface area contributed by atoms with Crippen LogP contribution in [0.2, 0.25) is 0 Å². The summed E-state index contributed by atoms with van der Waals surface area (Å²) >= 11 is 0. The van der Waals surface area contributed by atoms with Crippen molar-refractivity contribution in [1.82, 2.24) is 9.36 Å². The number of rotatable bonds is 4. The maximum absolute atomic E-state index is 12.8. The molecule has 0 saturated heterocycles. The number of carbonyl (C=O) groups is 1. The normalized spacial score (nSPS) is 11.2. The molecule has 0 saturated carbocycles. The Morgan fingerprint density at radius 1 is 0.960 bits per heavy atom. The van der Waals surface area contributed by atoms with E-state index in [4.69, 9.17) is 0 Å². The first-order chi connectivity index (χ1) is 12.0. The summed E-state index contributed by atoms with van der Waals surface area (Å²) in [5.41, 5.74) is 3.69. The van der Waals surface area contributed by atoms with Crippen LogP contribution < -0.4 is 5.56 Å². The summed E-state index contributed by atoms with van der Waals surface area (Å²) in [4.78, 5) is 25.1. The van der Waals surface area contributed by atoms with E-state index in [2.05, 4.69) is 0 Å². The van der Waals surface area contributed by atoms with Crippen LogP contribution >= 0.6 is 0 Å². The molecular formula is C21H20N2O2. The van der Waals surface area contributed by atoms with Gasteiger partial charge in [0.1, 0.15) is 0 Å². The second-order valence-corrected chi connectivity index (χ2v) is 6.04. The standard InChI is InChI=1S/C21H20N2O2/c1-15-9-11-17(12-10-15)20(24)14-13-19-16(2)22(3)23(21(19)25)18-7-5-4-6-8-18/h4-14H,1-3H3/b14-13+. The first-order valence-electron chi connectivity index (χ1n) is 8.12. The lowest BCUT2D eigenvalue weighted by Gasteiger charge is -2.07. The van der Waals surface area contributed by atoms with Gasteiger partial charge in [0.25, 0.3) is 5.56 Å². The first-order valence-corrected chi connectivity index (χ1v) is 8.12. The number of hydrogen-bond acceptors (Lipinski definition) is 2. The summed E-state index contributed by atoms with van der Waals surface area (Å²) in [7, 11) is 1.84. The Morgan fingerprint density at radius 3 is 2.24 bits per heavy atom. The molecule has 1 heterocycles. The van der Waals surface area contributed by atoms with Crippen LogP contribution in [0.25, 0.3) is 11.8 Å². The highest BCUT2D eigenvalue weighted by Crippen LogP contribution is 2.12. The number of aryl methyl sites for hydroxylation is 1. The Balaban J connectivity index is 1.97. The van der Waals surface area contributed by atoms with Gasteiger partial charge in [-0.15, -0.1) is 0 Å². The molecule has 0 bridgehead atoms. The van der Waals surface area contributed by atoms with Crippen LogP contribution in [-0.2, 0) is 7.05 Å². The maximum Gasteiger partial charge on any atom is 0.278 e. The van der Waals surface area contributed by atoms with Crippen molar-refractivity contribution in [3.05, 3.63) is 93.4 Å². The fourth-order valence-corrected chi connectivity index (χ4v) is 2.75. The minimum atomic E-state index is -0.140. The average molecular weight is 332 g/mol. The van der Waals surface area contributed by atoms with Crippen molar-refractivity contribution >= 4 is 11.9 Å². The summed E-state index contributed by atoms with van der Waals surface area (Å²) in [5.74, 6) is -0.117. The number of aromatic nitrogens is 2. The van der Waals surface area contributed by atoms with Gasteiger partial charge in [0.15, 0.2) is 5.78 Å². The fraction of sp³-hybridized carbons (Fsp3) is 0.143. The molecule has 0 fully saturated rings. The molecule has 0 aliphatic carbocycles. The second kappa shape index (κ2) is 6.77. The van der Waals surface area contributed by atoms with Gasteiger partial charge < -0.3 is 0 Å². The maximum atomic E-state index is 12.8. The molecule has 0 N–H and O–H groups in total. The van der Waals surface area contributed by atoms with E-state index in [0.29, 0.717) is 11.1 Å². The van der Waals surface area contributed by atoms with Gasteiger partial charge in [-0.2, -0.15) is 0 Å². The molecule has 0 unspecified atom stereocenters. The van der Waals surface area contributed by atoms with Crippen molar-refractivity contribution in [3.8, 4) is 5.69 Å². The fourth-order valence-electron chi connectivity index (χ4n) is 2.75. The molecule has 3 rings (SSSR count). The second-order valence-electron chi connectivity index (χ2n) is 6.04. The van der Waals surface area contributed by atoms with Crippen molar-refractivity contribution in [1.29, 1.82) is 0 Å². The minimum absolute atomic E-state index is 0.117. The number of carbonyl (C=O) groups excluding carboxylic acids is 1. The van der Waals surface area contributed by atoms with E-state index >= 15 is 0 Å². The van der Waals surface area contributed by atoms with Crippen LogP contribution in [0.15, 0.2) is 65.5 Å². The highest BCUT2D eigenvalue weighted by atomic mass is 16.1. The Hall–Kier alpha value is -3.14. The molecule has 3 aromatic rings. The molecule has 126 valence electrons. The summed E-state index contributed by atoms with van der Waals surface area (Å²) in [6.07, 6.45) is 3.07. The Bertz CT molecular complexity index is 991. The van der Waals surface area contributed by atoms with Crippen LogP contribution in [0.4, 0.5) is 0 Å². The lowest BCUT2D eigenvalue weighted by atomic mass is 10.1. The van der Waals surface area contributed by atoms with E-state index in [1.807, 2.05) is 63.4 Å². The third-order valence-electron chi connectivity index (χ3n) is 4.34. The van der Waals surface area contributed by atoms with Crippen molar-refractivity contribution in [3.63, 3.8) is 0 Å². The summed E-state index contributed by atoms with van der Waals surface area (Å²) in [5, 5.41) is 0. The molecule has 25 heavy (non-hydrogen) atoms. The molecule has 4 nitrogen and oxygen atoms in total. The predicted octanol–water partition coefficient (Wildman–Crippen LogP) is 3.69. The molecule has 0 spiro atoms. The van der Waals surface area contributed by atoms with Gasteiger partial charge in [0, 0.05) is 18.3 Å². The quantitative estimate of drug-likeness (QED) is 0.540. The van der Waals surface area contributed by atoms with Gasteiger partial charge >= 0.3 is 0 Å². The van der Waals surface area contributed by atoms with Crippen LogP contribution in [-0.4, -0.2) is 15.1 Å². The van der Waals surface area contributed by atoms with E-state index in [1.165, 1.54) is 6.08 Å². The van der Waals surface area contributed by atoms with Crippen LogP contribution in [0.1, 0.15) is 27.2 Å². The van der Waals surface area contributed by atoms with E-state index < -0.39 is 0 Å². The SMILES string of the molecule is Cc1ccc(C(=O)/C=C/c2c(C)n(C)n(-c3ccccc3)c2=O)cc1. The van der Waals surface area contributed by atoms with Crippen LogP contribution in [0.3, 0.4) is 0 Å². The third kappa shape index (κ3) is 3.24. The summed E-state index contributed by atoms with van der Waals surface area (Å²) in [6, 6.07) is 16.8. The van der Waals surface area contributed by atoms with Crippen molar-refractivity contribution < 1.29 is 4.79 Å². The van der Waals surface area contributed by atoms with Crippen molar-refractivity contribution in [2.24, 2.45) is 7.05 Å². The van der Waals surface area contributed by atoms with E-state index in [9.17, 15) is 9.59 Å². The van der Waals surface area contributed by atoms with Gasteiger partial charge in [0.05, 0.1) is 11.3 Å². The number of allylic oxidation sites excluding steroid dienone is 1. The van der Waals surface area contributed by atoms with Gasteiger partial charge in [-0.1, -0.05) is 48.0 Å². The number of nitrogens with zero attached hydrogens (tertiary/aromatic N) is 2. The number of para-hydroxylation sites is 1. The Morgan fingerprint density at radius 2 is 1.60 bits per heavy atom.